The normalized spacial score (nSPS) is 12.6. The molecule has 0 heterocycles. The average Bonchev–Trinajstić information content (AvgIpc) is 2.15. The maximum absolute atomic E-state index is 12.3. The standard InChI is InChI=1S/C8H13F5N2O/c9-7(10,8(11,12)13)6(16)15-5-3-1-2-4-14/h1-5,14H2,(H,15,16). The van der Waals surface area contributed by atoms with Gasteiger partial charge in [-0.2, -0.15) is 22.0 Å². The Hall–Kier alpha value is -0.920. The highest BCUT2D eigenvalue weighted by Gasteiger charge is 2.63. The molecule has 0 spiro atoms. The molecule has 0 aliphatic heterocycles. The molecule has 0 atom stereocenters. The molecular formula is C8H13F5N2O. The number of halogens is 5. The second kappa shape index (κ2) is 5.97. The van der Waals surface area contributed by atoms with Crippen molar-refractivity contribution in [2.45, 2.75) is 31.4 Å². The minimum absolute atomic E-state index is 0.218. The number of hydrogen-bond donors (Lipinski definition) is 2. The number of carbonyl (C=O) groups is 1. The summed E-state index contributed by atoms with van der Waals surface area (Å²) in [5.41, 5.74) is 5.14. The molecular weight excluding hydrogens is 235 g/mol. The van der Waals surface area contributed by atoms with Crippen molar-refractivity contribution in [3.8, 4) is 0 Å². The van der Waals surface area contributed by atoms with E-state index in [4.69, 9.17) is 5.73 Å². The number of alkyl halides is 5. The van der Waals surface area contributed by atoms with Crippen LogP contribution in [0.15, 0.2) is 0 Å². The van der Waals surface area contributed by atoms with Crippen LogP contribution in [0.1, 0.15) is 19.3 Å². The van der Waals surface area contributed by atoms with Gasteiger partial charge < -0.3 is 11.1 Å². The fraction of sp³-hybridized carbons (Fsp3) is 0.875. The van der Waals surface area contributed by atoms with Crippen LogP contribution in [-0.2, 0) is 4.79 Å². The highest BCUT2D eigenvalue weighted by atomic mass is 19.4. The molecule has 8 heteroatoms. The summed E-state index contributed by atoms with van der Waals surface area (Å²) >= 11 is 0. The van der Waals surface area contributed by atoms with Crippen LogP contribution < -0.4 is 11.1 Å². The van der Waals surface area contributed by atoms with E-state index in [1.807, 2.05) is 0 Å². The third kappa shape index (κ3) is 4.30. The van der Waals surface area contributed by atoms with E-state index in [-0.39, 0.29) is 6.54 Å². The third-order valence-corrected chi connectivity index (χ3v) is 1.81. The lowest BCUT2D eigenvalue weighted by Crippen LogP contribution is -2.50. The highest BCUT2D eigenvalue weighted by molar-refractivity contribution is 5.84. The topological polar surface area (TPSA) is 55.1 Å². The molecule has 0 saturated carbocycles. The molecule has 0 aliphatic carbocycles. The molecule has 0 aromatic rings. The van der Waals surface area contributed by atoms with Crippen LogP contribution in [0.25, 0.3) is 0 Å². The van der Waals surface area contributed by atoms with Crippen LogP contribution in [0.4, 0.5) is 22.0 Å². The Morgan fingerprint density at radius 3 is 2.06 bits per heavy atom. The van der Waals surface area contributed by atoms with Gasteiger partial charge in [0.2, 0.25) is 0 Å². The van der Waals surface area contributed by atoms with Crippen molar-refractivity contribution in [1.82, 2.24) is 5.32 Å². The Morgan fingerprint density at radius 2 is 1.62 bits per heavy atom. The fourth-order valence-corrected chi connectivity index (χ4v) is 0.888. The van der Waals surface area contributed by atoms with Crippen molar-refractivity contribution >= 4 is 5.91 Å². The van der Waals surface area contributed by atoms with E-state index in [1.54, 1.807) is 0 Å². The number of hydrogen-bond acceptors (Lipinski definition) is 2. The zero-order valence-electron chi connectivity index (χ0n) is 8.41. The van der Waals surface area contributed by atoms with Gasteiger partial charge in [0.1, 0.15) is 0 Å². The lowest BCUT2D eigenvalue weighted by Gasteiger charge is -2.18. The van der Waals surface area contributed by atoms with Crippen LogP contribution >= 0.6 is 0 Å². The minimum Gasteiger partial charge on any atom is -0.351 e. The number of unbranched alkanes of at least 4 members (excludes halogenated alkanes) is 2. The maximum Gasteiger partial charge on any atom is 0.463 e. The van der Waals surface area contributed by atoms with Crippen molar-refractivity contribution in [2.75, 3.05) is 13.1 Å². The largest absolute Gasteiger partial charge is 0.463 e. The monoisotopic (exact) mass is 248 g/mol. The van der Waals surface area contributed by atoms with Crippen molar-refractivity contribution in [3.05, 3.63) is 0 Å². The average molecular weight is 248 g/mol. The fourth-order valence-electron chi connectivity index (χ4n) is 0.888. The zero-order valence-corrected chi connectivity index (χ0v) is 8.41. The number of amides is 1. The van der Waals surface area contributed by atoms with Gasteiger partial charge in [-0.15, -0.1) is 0 Å². The first-order chi connectivity index (χ1) is 7.23. The Balaban J connectivity index is 3.98. The summed E-state index contributed by atoms with van der Waals surface area (Å²) in [6.07, 6.45) is -4.34. The summed E-state index contributed by atoms with van der Waals surface area (Å²) < 4.78 is 59.7. The predicted octanol–water partition coefficient (Wildman–Crippen LogP) is 1.43. The Bertz CT molecular complexity index is 229. The van der Waals surface area contributed by atoms with Crippen molar-refractivity contribution < 1.29 is 26.7 Å². The van der Waals surface area contributed by atoms with E-state index < -0.39 is 18.0 Å². The third-order valence-electron chi connectivity index (χ3n) is 1.81. The SMILES string of the molecule is NCCCCCNC(=O)C(F)(F)C(F)(F)F. The Labute approximate surface area is 89.2 Å². The van der Waals surface area contributed by atoms with Crippen LogP contribution in [0.5, 0.6) is 0 Å². The molecule has 0 radical (unpaired) electrons. The van der Waals surface area contributed by atoms with Gasteiger partial charge in [-0.1, -0.05) is 6.42 Å². The van der Waals surface area contributed by atoms with E-state index in [9.17, 15) is 26.7 Å². The molecule has 0 aliphatic rings. The van der Waals surface area contributed by atoms with Gasteiger partial charge in [0.05, 0.1) is 0 Å². The van der Waals surface area contributed by atoms with Gasteiger partial charge in [-0.25, -0.2) is 0 Å². The van der Waals surface area contributed by atoms with E-state index in [0.717, 1.165) is 0 Å². The quantitative estimate of drug-likeness (QED) is 0.552. The lowest BCUT2D eigenvalue weighted by atomic mass is 10.2. The molecule has 0 saturated heterocycles. The summed E-state index contributed by atoms with van der Waals surface area (Å²) in [5.74, 6) is -7.64. The molecule has 0 rings (SSSR count). The first kappa shape index (κ1) is 15.1. The van der Waals surface area contributed by atoms with Crippen LogP contribution in [0, 0.1) is 0 Å². The number of nitrogens with one attached hydrogen (secondary N) is 1. The molecule has 0 aromatic carbocycles. The van der Waals surface area contributed by atoms with Crippen LogP contribution in [0.2, 0.25) is 0 Å². The van der Waals surface area contributed by atoms with E-state index >= 15 is 0 Å². The minimum atomic E-state index is -5.85. The van der Waals surface area contributed by atoms with Gasteiger partial charge >= 0.3 is 12.1 Å². The molecule has 3 nitrogen and oxygen atoms in total. The van der Waals surface area contributed by atoms with Gasteiger partial charge in [0, 0.05) is 6.54 Å². The van der Waals surface area contributed by atoms with E-state index in [0.29, 0.717) is 25.8 Å². The van der Waals surface area contributed by atoms with Crippen molar-refractivity contribution in [3.63, 3.8) is 0 Å². The summed E-state index contributed by atoms with van der Waals surface area (Å²) in [4.78, 5) is 10.5. The molecule has 0 unspecified atom stereocenters. The predicted molar refractivity (Wildman–Crippen MR) is 46.9 cm³/mol. The molecule has 0 bridgehead atoms. The molecule has 3 N–H and O–H groups in total. The van der Waals surface area contributed by atoms with Gasteiger partial charge in [0.25, 0.3) is 5.91 Å². The molecule has 0 fully saturated rings. The molecule has 96 valence electrons. The molecule has 0 aromatic heterocycles. The van der Waals surface area contributed by atoms with Crippen molar-refractivity contribution in [1.29, 1.82) is 0 Å². The van der Waals surface area contributed by atoms with Crippen LogP contribution in [0.3, 0.4) is 0 Å². The lowest BCUT2D eigenvalue weighted by molar-refractivity contribution is -0.269. The smallest absolute Gasteiger partial charge is 0.351 e. The van der Waals surface area contributed by atoms with Gasteiger partial charge in [-0.05, 0) is 19.4 Å². The summed E-state index contributed by atoms with van der Waals surface area (Å²) in [5, 5.41) is 1.54. The number of rotatable bonds is 6. The van der Waals surface area contributed by atoms with Gasteiger partial charge in [-0.3, -0.25) is 4.79 Å². The van der Waals surface area contributed by atoms with E-state index in [2.05, 4.69) is 0 Å². The van der Waals surface area contributed by atoms with Crippen molar-refractivity contribution in [2.24, 2.45) is 5.73 Å². The first-order valence-corrected chi connectivity index (χ1v) is 4.66. The number of carbonyl (C=O) groups excluding carboxylic acids is 1. The maximum atomic E-state index is 12.3. The highest BCUT2D eigenvalue weighted by Crippen LogP contribution is 2.35. The summed E-state index contributed by atoms with van der Waals surface area (Å²) in [6.45, 7) is 0.192. The Kier molecular flexibility index (Phi) is 5.63. The second-order valence-electron chi connectivity index (χ2n) is 3.18. The van der Waals surface area contributed by atoms with Crippen LogP contribution in [-0.4, -0.2) is 31.1 Å². The second-order valence-corrected chi connectivity index (χ2v) is 3.18. The Morgan fingerprint density at radius 1 is 1.06 bits per heavy atom. The molecule has 16 heavy (non-hydrogen) atoms. The zero-order chi connectivity index (χ0) is 12.8. The summed E-state index contributed by atoms with van der Waals surface area (Å²) in [7, 11) is 0. The molecule has 1 amide bonds. The van der Waals surface area contributed by atoms with Gasteiger partial charge in [0.15, 0.2) is 0 Å². The number of nitrogens with two attached hydrogens (primary N) is 1. The van der Waals surface area contributed by atoms with E-state index in [1.165, 1.54) is 5.32 Å². The first-order valence-electron chi connectivity index (χ1n) is 4.66. The summed E-state index contributed by atoms with van der Waals surface area (Å²) in [6, 6.07) is 0.